The molecule has 0 aromatic rings. The molecule has 0 radical (unpaired) electrons. The highest BCUT2D eigenvalue weighted by Crippen LogP contribution is 2.44. The number of carboxylic acid groups (broad SMARTS) is 1. The molecular weight excluding hydrogens is 224 g/mol. The zero-order chi connectivity index (χ0) is 12.5. The van der Waals surface area contributed by atoms with Gasteiger partial charge >= 0.3 is 5.97 Å². The van der Waals surface area contributed by atoms with E-state index in [9.17, 15) is 9.90 Å². The van der Waals surface area contributed by atoms with Crippen molar-refractivity contribution in [2.45, 2.75) is 38.5 Å². The molecule has 1 N–H and O–H groups in total. The molecule has 0 aromatic carbocycles. The Balaban J connectivity index is 1.90. The summed E-state index contributed by atoms with van der Waals surface area (Å²) < 4.78 is 0. The normalized spacial score (nSPS) is 34.8. The minimum atomic E-state index is -0.598. The number of aliphatic carboxylic acids is 1. The smallest absolute Gasteiger partial charge is 0.306 e. The summed E-state index contributed by atoms with van der Waals surface area (Å²) >= 11 is 0. The molecule has 0 aromatic heterocycles. The van der Waals surface area contributed by atoms with Crippen LogP contribution in [0.5, 0.6) is 0 Å². The van der Waals surface area contributed by atoms with Crippen molar-refractivity contribution >= 4 is 5.97 Å². The van der Waals surface area contributed by atoms with Crippen molar-refractivity contribution in [3.63, 3.8) is 0 Å². The predicted molar refractivity (Wildman–Crippen MR) is 71.1 cm³/mol. The van der Waals surface area contributed by atoms with Gasteiger partial charge in [0.05, 0.1) is 5.92 Å². The summed E-state index contributed by atoms with van der Waals surface area (Å²) in [6, 6.07) is 0. The van der Waals surface area contributed by atoms with Gasteiger partial charge in [0, 0.05) is 5.92 Å². The van der Waals surface area contributed by atoms with Crippen molar-refractivity contribution in [1.82, 2.24) is 0 Å². The topological polar surface area (TPSA) is 37.3 Å². The molecule has 0 heterocycles. The monoisotopic (exact) mass is 244 g/mol. The van der Waals surface area contributed by atoms with Gasteiger partial charge in [-0.1, -0.05) is 36.3 Å². The molecule has 1 saturated carbocycles. The lowest BCUT2D eigenvalue weighted by molar-refractivity contribution is -0.142. The second kappa shape index (κ2) is 4.75. The van der Waals surface area contributed by atoms with Crippen molar-refractivity contribution in [3.8, 4) is 0 Å². The molecule has 0 spiro atoms. The molecule has 0 bridgehead atoms. The Kier molecular flexibility index (Phi) is 3.11. The predicted octanol–water partition coefficient (Wildman–Crippen LogP) is 3.71. The first kappa shape index (κ1) is 11.8. The third-order valence-electron chi connectivity index (χ3n) is 4.74. The van der Waals surface area contributed by atoms with Crippen molar-refractivity contribution in [1.29, 1.82) is 0 Å². The molecular formula is C16H20O2. The summed E-state index contributed by atoms with van der Waals surface area (Å²) in [5.74, 6) is 0.408. The Morgan fingerprint density at radius 2 is 2.11 bits per heavy atom. The molecule has 1 fully saturated rings. The van der Waals surface area contributed by atoms with E-state index in [4.69, 9.17) is 0 Å². The van der Waals surface area contributed by atoms with E-state index in [1.54, 1.807) is 5.57 Å². The highest BCUT2D eigenvalue weighted by Gasteiger charge is 2.33. The van der Waals surface area contributed by atoms with Crippen LogP contribution < -0.4 is 0 Å². The molecule has 0 aliphatic heterocycles. The molecule has 3 rings (SSSR count). The lowest BCUT2D eigenvalue weighted by Crippen LogP contribution is -2.24. The maximum absolute atomic E-state index is 11.2. The number of carbonyl (C=O) groups is 1. The van der Waals surface area contributed by atoms with Gasteiger partial charge < -0.3 is 5.11 Å². The van der Waals surface area contributed by atoms with Crippen molar-refractivity contribution < 1.29 is 9.90 Å². The Morgan fingerprint density at radius 3 is 2.94 bits per heavy atom. The first-order valence-electron chi connectivity index (χ1n) is 7.06. The second-order valence-electron chi connectivity index (χ2n) is 5.77. The SMILES string of the molecule is O=C(O)C1CCC2=C3C=CC=CC3CCCC2C1. The lowest BCUT2D eigenvalue weighted by atomic mass is 9.74. The lowest BCUT2D eigenvalue weighted by Gasteiger charge is -2.31. The van der Waals surface area contributed by atoms with E-state index in [1.165, 1.54) is 24.8 Å². The van der Waals surface area contributed by atoms with Crippen LogP contribution in [-0.2, 0) is 4.79 Å². The third-order valence-corrected chi connectivity index (χ3v) is 4.74. The van der Waals surface area contributed by atoms with Crippen LogP contribution in [0, 0.1) is 17.8 Å². The van der Waals surface area contributed by atoms with Crippen LogP contribution in [0.2, 0.25) is 0 Å². The van der Waals surface area contributed by atoms with E-state index in [0.717, 1.165) is 19.3 Å². The minimum Gasteiger partial charge on any atom is -0.481 e. The zero-order valence-corrected chi connectivity index (χ0v) is 10.6. The average molecular weight is 244 g/mol. The summed E-state index contributed by atoms with van der Waals surface area (Å²) in [6.45, 7) is 0. The Bertz CT molecular complexity index is 442. The number of allylic oxidation sites excluding steroid dienone is 6. The number of hydrogen-bond donors (Lipinski definition) is 1. The first-order chi connectivity index (χ1) is 8.75. The molecule has 3 aliphatic carbocycles. The van der Waals surface area contributed by atoms with Crippen LogP contribution in [0.4, 0.5) is 0 Å². The van der Waals surface area contributed by atoms with Gasteiger partial charge in [-0.05, 0) is 43.6 Å². The molecule has 0 amide bonds. The van der Waals surface area contributed by atoms with Crippen LogP contribution in [0.15, 0.2) is 35.5 Å². The summed E-state index contributed by atoms with van der Waals surface area (Å²) in [5, 5.41) is 9.19. The molecule has 18 heavy (non-hydrogen) atoms. The molecule has 96 valence electrons. The Morgan fingerprint density at radius 1 is 1.22 bits per heavy atom. The van der Waals surface area contributed by atoms with Crippen molar-refractivity contribution in [2.75, 3.05) is 0 Å². The fourth-order valence-corrected chi connectivity index (χ4v) is 3.80. The van der Waals surface area contributed by atoms with Crippen LogP contribution in [0.25, 0.3) is 0 Å². The Hall–Kier alpha value is -1.31. The fraction of sp³-hybridized carbons (Fsp3) is 0.562. The molecule has 0 saturated heterocycles. The molecule has 2 nitrogen and oxygen atoms in total. The van der Waals surface area contributed by atoms with Crippen LogP contribution in [0.3, 0.4) is 0 Å². The van der Waals surface area contributed by atoms with Crippen molar-refractivity contribution in [3.05, 3.63) is 35.5 Å². The van der Waals surface area contributed by atoms with Crippen LogP contribution in [-0.4, -0.2) is 11.1 Å². The van der Waals surface area contributed by atoms with E-state index in [0.29, 0.717) is 11.8 Å². The van der Waals surface area contributed by atoms with E-state index >= 15 is 0 Å². The highest BCUT2D eigenvalue weighted by atomic mass is 16.4. The van der Waals surface area contributed by atoms with Gasteiger partial charge in [0.2, 0.25) is 0 Å². The number of carboxylic acids is 1. The number of hydrogen-bond acceptors (Lipinski definition) is 1. The maximum atomic E-state index is 11.2. The van der Waals surface area contributed by atoms with Crippen LogP contribution in [0.1, 0.15) is 38.5 Å². The van der Waals surface area contributed by atoms with E-state index in [2.05, 4.69) is 24.3 Å². The van der Waals surface area contributed by atoms with E-state index in [-0.39, 0.29) is 5.92 Å². The number of fused-ring (bicyclic) bond motifs is 2. The largest absolute Gasteiger partial charge is 0.481 e. The third kappa shape index (κ3) is 2.05. The van der Waals surface area contributed by atoms with Gasteiger partial charge in [0.15, 0.2) is 0 Å². The quantitative estimate of drug-likeness (QED) is 0.763. The van der Waals surface area contributed by atoms with Gasteiger partial charge in [0.1, 0.15) is 0 Å². The highest BCUT2D eigenvalue weighted by molar-refractivity contribution is 5.70. The minimum absolute atomic E-state index is 0.112. The zero-order valence-electron chi connectivity index (χ0n) is 10.6. The second-order valence-corrected chi connectivity index (χ2v) is 5.77. The summed E-state index contributed by atoms with van der Waals surface area (Å²) in [6.07, 6.45) is 15.2. The fourth-order valence-electron chi connectivity index (χ4n) is 3.80. The van der Waals surface area contributed by atoms with Crippen molar-refractivity contribution in [2.24, 2.45) is 17.8 Å². The van der Waals surface area contributed by atoms with E-state index in [1.807, 2.05) is 0 Å². The molecule has 3 unspecified atom stereocenters. The summed E-state index contributed by atoms with van der Waals surface area (Å²) in [4.78, 5) is 11.2. The average Bonchev–Trinajstić information content (AvgIpc) is 2.57. The summed E-state index contributed by atoms with van der Waals surface area (Å²) in [7, 11) is 0. The molecule has 3 atom stereocenters. The molecule has 3 aliphatic rings. The van der Waals surface area contributed by atoms with Gasteiger partial charge in [-0.2, -0.15) is 0 Å². The maximum Gasteiger partial charge on any atom is 0.306 e. The van der Waals surface area contributed by atoms with Gasteiger partial charge in [-0.25, -0.2) is 0 Å². The standard InChI is InChI=1S/C16H20O2/c17-16(18)13-8-9-15-12(10-13)6-3-5-11-4-1-2-7-14(11)15/h1-2,4,7,11-13H,3,5-6,8-10H2,(H,17,18). The Labute approximate surface area is 108 Å². The van der Waals surface area contributed by atoms with Crippen LogP contribution >= 0.6 is 0 Å². The van der Waals surface area contributed by atoms with E-state index < -0.39 is 5.97 Å². The van der Waals surface area contributed by atoms with Gasteiger partial charge in [-0.15, -0.1) is 0 Å². The summed E-state index contributed by atoms with van der Waals surface area (Å²) in [5.41, 5.74) is 3.07. The van der Waals surface area contributed by atoms with Gasteiger partial charge in [0.25, 0.3) is 0 Å². The molecule has 2 heteroatoms. The van der Waals surface area contributed by atoms with Gasteiger partial charge in [-0.3, -0.25) is 4.79 Å². The first-order valence-corrected chi connectivity index (χ1v) is 7.06. The number of rotatable bonds is 1.